The first kappa shape index (κ1) is 10.8. The molecule has 2 heterocycles. The van der Waals surface area contributed by atoms with Crippen LogP contribution in [0, 0.1) is 0 Å². The maximum atomic E-state index is 11.6. The fourth-order valence-electron chi connectivity index (χ4n) is 2.14. The molecule has 5 heteroatoms. The van der Waals surface area contributed by atoms with Gasteiger partial charge in [0, 0.05) is 12.5 Å². The molecule has 18 heavy (non-hydrogen) atoms. The third-order valence-electron chi connectivity index (χ3n) is 2.98. The fourth-order valence-corrected chi connectivity index (χ4v) is 2.14. The summed E-state index contributed by atoms with van der Waals surface area (Å²) in [7, 11) is 0. The van der Waals surface area contributed by atoms with Crippen molar-refractivity contribution in [3.05, 3.63) is 52.3 Å². The Morgan fingerprint density at radius 3 is 3.00 bits per heavy atom. The molecule has 92 valence electrons. The largest absolute Gasteiger partial charge is 0.488 e. The summed E-state index contributed by atoms with van der Waals surface area (Å²) in [6.45, 7) is 0.415. The van der Waals surface area contributed by atoms with Crippen molar-refractivity contribution in [1.29, 1.82) is 0 Å². The highest BCUT2D eigenvalue weighted by atomic mass is 16.5. The van der Waals surface area contributed by atoms with Gasteiger partial charge >= 0.3 is 0 Å². The molecule has 1 aromatic carbocycles. The lowest BCUT2D eigenvalue weighted by molar-refractivity contribution is 0.201. The molecular formula is C13H13N3O2. The van der Waals surface area contributed by atoms with Crippen molar-refractivity contribution >= 4 is 5.82 Å². The van der Waals surface area contributed by atoms with Crippen LogP contribution in [-0.2, 0) is 13.0 Å². The molecule has 1 aromatic heterocycles. The van der Waals surface area contributed by atoms with E-state index in [4.69, 9.17) is 10.5 Å². The van der Waals surface area contributed by atoms with Crippen LogP contribution in [-0.4, -0.2) is 15.9 Å². The molecule has 1 atom stereocenters. The van der Waals surface area contributed by atoms with Gasteiger partial charge in [-0.15, -0.1) is 0 Å². The van der Waals surface area contributed by atoms with Crippen LogP contribution in [0.3, 0.4) is 0 Å². The summed E-state index contributed by atoms with van der Waals surface area (Å²) in [6.07, 6.45) is 0.730. The summed E-state index contributed by atoms with van der Waals surface area (Å²) in [5, 5.41) is 4.00. The van der Waals surface area contributed by atoms with Crippen LogP contribution in [0.5, 0.6) is 5.75 Å². The van der Waals surface area contributed by atoms with Crippen molar-refractivity contribution in [2.75, 3.05) is 5.73 Å². The van der Waals surface area contributed by atoms with Gasteiger partial charge in [0.2, 0.25) is 0 Å². The number of nitrogens with two attached hydrogens (primary N) is 1. The Hall–Kier alpha value is -2.30. The van der Waals surface area contributed by atoms with Crippen molar-refractivity contribution in [1.82, 2.24) is 9.78 Å². The van der Waals surface area contributed by atoms with Gasteiger partial charge in [-0.1, -0.05) is 18.2 Å². The van der Waals surface area contributed by atoms with Crippen LogP contribution in [0.1, 0.15) is 5.56 Å². The van der Waals surface area contributed by atoms with Gasteiger partial charge in [0.25, 0.3) is 5.56 Å². The molecule has 1 aliphatic heterocycles. The van der Waals surface area contributed by atoms with E-state index in [2.05, 4.69) is 5.10 Å². The quantitative estimate of drug-likeness (QED) is 0.848. The first-order chi connectivity index (χ1) is 8.72. The molecule has 0 aliphatic carbocycles. The Morgan fingerprint density at radius 1 is 1.33 bits per heavy atom. The molecule has 0 saturated heterocycles. The number of anilines is 1. The number of aromatic nitrogens is 2. The standard InChI is InChI=1S/C13H13N3O2/c14-12-5-6-13(17)16(15-12)8-10-7-9-3-1-2-4-11(9)18-10/h1-6,10H,7-8H2,(H2,14,15). The van der Waals surface area contributed by atoms with Gasteiger partial charge < -0.3 is 10.5 Å². The van der Waals surface area contributed by atoms with Gasteiger partial charge in [-0.25, -0.2) is 4.68 Å². The Bertz CT molecular complexity index is 611. The van der Waals surface area contributed by atoms with E-state index in [-0.39, 0.29) is 11.7 Å². The van der Waals surface area contributed by atoms with Gasteiger partial charge in [0.15, 0.2) is 0 Å². The minimum absolute atomic E-state index is 0.0607. The van der Waals surface area contributed by atoms with Crippen LogP contribution in [0.15, 0.2) is 41.2 Å². The van der Waals surface area contributed by atoms with Crippen molar-refractivity contribution in [3.8, 4) is 5.75 Å². The van der Waals surface area contributed by atoms with E-state index >= 15 is 0 Å². The van der Waals surface area contributed by atoms with Crippen molar-refractivity contribution in [2.45, 2.75) is 19.1 Å². The molecule has 2 aromatic rings. The highest BCUT2D eigenvalue weighted by Crippen LogP contribution is 2.28. The van der Waals surface area contributed by atoms with Gasteiger partial charge in [0.1, 0.15) is 17.7 Å². The summed E-state index contributed by atoms with van der Waals surface area (Å²) >= 11 is 0. The average molecular weight is 243 g/mol. The van der Waals surface area contributed by atoms with Crippen molar-refractivity contribution in [2.24, 2.45) is 0 Å². The number of rotatable bonds is 2. The summed E-state index contributed by atoms with van der Waals surface area (Å²) < 4.78 is 7.12. The maximum absolute atomic E-state index is 11.6. The van der Waals surface area contributed by atoms with E-state index in [1.165, 1.54) is 22.4 Å². The highest BCUT2D eigenvalue weighted by Gasteiger charge is 2.23. The lowest BCUT2D eigenvalue weighted by atomic mass is 10.1. The van der Waals surface area contributed by atoms with E-state index < -0.39 is 0 Å². The minimum Gasteiger partial charge on any atom is -0.488 e. The summed E-state index contributed by atoms with van der Waals surface area (Å²) in [6, 6.07) is 10.8. The number of para-hydroxylation sites is 1. The van der Waals surface area contributed by atoms with Crippen LogP contribution in [0.4, 0.5) is 5.82 Å². The first-order valence-corrected chi connectivity index (χ1v) is 5.80. The second kappa shape index (κ2) is 4.18. The zero-order chi connectivity index (χ0) is 12.5. The molecule has 2 N–H and O–H groups in total. The third kappa shape index (κ3) is 1.95. The van der Waals surface area contributed by atoms with Crippen LogP contribution < -0.4 is 16.0 Å². The molecule has 1 unspecified atom stereocenters. The molecule has 0 saturated carbocycles. The normalized spacial score (nSPS) is 17.2. The molecule has 5 nitrogen and oxygen atoms in total. The van der Waals surface area contributed by atoms with Crippen molar-refractivity contribution in [3.63, 3.8) is 0 Å². The predicted octanol–water partition coefficient (Wildman–Crippen LogP) is 0.829. The van der Waals surface area contributed by atoms with Gasteiger partial charge in [-0.05, 0) is 17.7 Å². The molecule has 1 aliphatic rings. The molecular weight excluding hydrogens is 230 g/mol. The van der Waals surface area contributed by atoms with E-state index in [0.29, 0.717) is 12.4 Å². The van der Waals surface area contributed by atoms with E-state index in [0.717, 1.165) is 12.2 Å². The molecule has 0 amide bonds. The fraction of sp³-hybridized carbons (Fsp3) is 0.231. The lowest BCUT2D eigenvalue weighted by Crippen LogP contribution is -2.30. The predicted molar refractivity (Wildman–Crippen MR) is 67.5 cm³/mol. The Labute approximate surface area is 104 Å². The number of hydrogen-bond donors (Lipinski definition) is 1. The Kier molecular flexibility index (Phi) is 2.51. The maximum Gasteiger partial charge on any atom is 0.266 e. The lowest BCUT2D eigenvalue weighted by Gasteiger charge is -2.11. The number of fused-ring (bicyclic) bond motifs is 1. The van der Waals surface area contributed by atoms with E-state index in [1.807, 2.05) is 24.3 Å². The molecule has 0 spiro atoms. The van der Waals surface area contributed by atoms with E-state index in [1.54, 1.807) is 0 Å². The number of benzene rings is 1. The van der Waals surface area contributed by atoms with Gasteiger partial charge in [-0.2, -0.15) is 5.10 Å². The number of nitrogens with zero attached hydrogens (tertiary/aromatic N) is 2. The summed E-state index contributed by atoms with van der Waals surface area (Å²) in [5.41, 5.74) is 6.58. The Morgan fingerprint density at radius 2 is 2.17 bits per heavy atom. The van der Waals surface area contributed by atoms with Crippen LogP contribution in [0.2, 0.25) is 0 Å². The second-order valence-electron chi connectivity index (χ2n) is 4.33. The molecule has 0 bridgehead atoms. The molecule has 3 rings (SSSR count). The number of nitrogen functional groups attached to an aromatic ring is 1. The molecule has 0 fully saturated rings. The topological polar surface area (TPSA) is 70.1 Å². The monoisotopic (exact) mass is 243 g/mol. The van der Waals surface area contributed by atoms with Crippen LogP contribution >= 0.6 is 0 Å². The van der Waals surface area contributed by atoms with E-state index in [9.17, 15) is 4.79 Å². The Balaban J connectivity index is 1.80. The zero-order valence-corrected chi connectivity index (χ0v) is 9.74. The SMILES string of the molecule is Nc1ccc(=O)n(CC2Cc3ccccc3O2)n1. The smallest absolute Gasteiger partial charge is 0.266 e. The van der Waals surface area contributed by atoms with Gasteiger partial charge in [0.05, 0.1) is 6.54 Å². The number of ether oxygens (including phenoxy) is 1. The van der Waals surface area contributed by atoms with Crippen LogP contribution in [0.25, 0.3) is 0 Å². The van der Waals surface area contributed by atoms with Crippen molar-refractivity contribution < 1.29 is 4.74 Å². The third-order valence-corrected chi connectivity index (χ3v) is 2.98. The second-order valence-corrected chi connectivity index (χ2v) is 4.33. The minimum atomic E-state index is -0.163. The average Bonchev–Trinajstić information content (AvgIpc) is 2.76. The highest BCUT2D eigenvalue weighted by molar-refractivity contribution is 5.37. The van der Waals surface area contributed by atoms with Gasteiger partial charge in [-0.3, -0.25) is 4.79 Å². The summed E-state index contributed by atoms with van der Waals surface area (Å²) in [4.78, 5) is 11.6. The first-order valence-electron chi connectivity index (χ1n) is 5.80. The summed E-state index contributed by atoms with van der Waals surface area (Å²) in [5.74, 6) is 1.23. The zero-order valence-electron chi connectivity index (χ0n) is 9.74. The molecule has 0 radical (unpaired) electrons. The number of hydrogen-bond acceptors (Lipinski definition) is 4.